The largest absolute Gasteiger partial charge is 0.461 e. The van der Waals surface area contributed by atoms with Crippen molar-refractivity contribution in [2.75, 3.05) is 6.54 Å². The Morgan fingerprint density at radius 2 is 1.61 bits per heavy atom. The zero-order valence-corrected chi connectivity index (χ0v) is 15.9. The monoisotopic (exact) mass is 415 g/mol. The molecule has 2 aromatic heterocycles. The Balaban J connectivity index is 1.36. The van der Waals surface area contributed by atoms with Gasteiger partial charge < -0.3 is 13.6 Å². The second-order valence-corrected chi connectivity index (χ2v) is 6.83. The van der Waals surface area contributed by atoms with Crippen molar-refractivity contribution in [3.63, 3.8) is 0 Å². The van der Waals surface area contributed by atoms with Gasteiger partial charge in [-0.3, -0.25) is 19.3 Å². The maximum Gasteiger partial charge on any atom is 0.331 e. The Hall–Kier alpha value is -4.46. The van der Waals surface area contributed by atoms with Crippen LogP contribution in [0.5, 0.6) is 5.75 Å². The van der Waals surface area contributed by atoms with Crippen molar-refractivity contribution in [3.05, 3.63) is 88.3 Å². The van der Waals surface area contributed by atoms with Crippen LogP contribution in [0.15, 0.2) is 80.6 Å². The number of rotatable bonds is 4. The highest BCUT2D eigenvalue weighted by molar-refractivity contribution is 6.22. The van der Waals surface area contributed by atoms with E-state index in [1.807, 2.05) is 0 Å². The first-order chi connectivity index (χ1) is 15.0. The van der Waals surface area contributed by atoms with Gasteiger partial charge in [0.15, 0.2) is 16.9 Å². The van der Waals surface area contributed by atoms with E-state index in [0.717, 1.165) is 4.90 Å². The highest BCUT2D eigenvalue weighted by Gasteiger charge is 2.36. The number of amides is 2. The van der Waals surface area contributed by atoms with Gasteiger partial charge >= 0.3 is 5.97 Å². The van der Waals surface area contributed by atoms with Gasteiger partial charge in [-0.1, -0.05) is 12.1 Å². The van der Waals surface area contributed by atoms with Gasteiger partial charge in [0, 0.05) is 6.07 Å². The Labute approximate surface area is 174 Å². The van der Waals surface area contributed by atoms with Crippen LogP contribution in [0.4, 0.5) is 0 Å². The summed E-state index contributed by atoms with van der Waals surface area (Å²) >= 11 is 0. The number of fused-ring (bicyclic) bond motifs is 2. The van der Waals surface area contributed by atoms with Crippen LogP contribution in [-0.4, -0.2) is 29.2 Å². The number of nitrogens with zero attached hydrogens (tertiary/aromatic N) is 1. The number of imide groups is 1. The van der Waals surface area contributed by atoms with E-state index in [-0.39, 0.29) is 33.5 Å². The molecule has 0 atom stereocenters. The Bertz CT molecular complexity index is 1380. The molecule has 2 aromatic carbocycles. The summed E-state index contributed by atoms with van der Waals surface area (Å²) in [4.78, 5) is 50.4. The number of carbonyl (C=O) groups excluding carboxylic acids is 3. The normalized spacial score (nSPS) is 13.0. The van der Waals surface area contributed by atoms with Gasteiger partial charge in [-0.05, 0) is 42.5 Å². The molecule has 0 radical (unpaired) electrons. The van der Waals surface area contributed by atoms with Crippen molar-refractivity contribution in [2.24, 2.45) is 0 Å². The lowest BCUT2D eigenvalue weighted by atomic mass is 10.1. The Kier molecular flexibility index (Phi) is 4.25. The molecular weight excluding hydrogens is 402 g/mol. The second-order valence-electron chi connectivity index (χ2n) is 6.83. The molecule has 0 aliphatic carbocycles. The van der Waals surface area contributed by atoms with Crippen molar-refractivity contribution in [1.82, 2.24) is 4.90 Å². The number of carbonyl (C=O) groups is 3. The molecule has 0 spiro atoms. The molecule has 0 saturated heterocycles. The van der Waals surface area contributed by atoms with Crippen LogP contribution in [0, 0.1) is 0 Å². The molecule has 5 rings (SSSR count). The highest BCUT2D eigenvalue weighted by Crippen LogP contribution is 2.26. The summed E-state index contributed by atoms with van der Waals surface area (Å²) in [5.74, 6) is -1.14. The van der Waals surface area contributed by atoms with Crippen LogP contribution in [0.2, 0.25) is 0 Å². The number of hydrogen-bond acceptors (Lipinski definition) is 7. The van der Waals surface area contributed by atoms with Crippen molar-refractivity contribution in [3.8, 4) is 17.3 Å². The van der Waals surface area contributed by atoms with E-state index in [1.54, 1.807) is 24.3 Å². The molecule has 4 aromatic rings. The van der Waals surface area contributed by atoms with Gasteiger partial charge in [0.25, 0.3) is 11.8 Å². The SMILES string of the molecule is O=C(CN1C(=O)c2ccccc2C1=O)Oc1ccc2oc(-c3ccco3)cc(=O)c2c1. The van der Waals surface area contributed by atoms with E-state index in [9.17, 15) is 19.2 Å². The van der Waals surface area contributed by atoms with Crippen molar-refractivity contribution in [2.45, 2.75) is 0 Å². The molecule has 0 unspecified atom stereocenters. The van der Waals surface area contributed by atoms with Crippen molar-refractivity contribution >= 4 is 28.8 Å². The van der Waals surface area contributed by atoms with E-state index in [0.29, 0.717) is 11.3 Å². The van der Waals surface area contributed by atoms with Gasteiger partial charge in [-0.15, -0.1) is 0 Å². The van der Waals surface area contributed by atoms with E-state index in [2.05, 4.69) is 0 Å². The first-order valence-electron chi connectivity index (χ1n) is 9.29. The van der Waals surface area contributed by atoms with E-state index in [4.69, 9.17) is 13.6 Å². The Morgan fingerprint density at radius 1 is 0.871 bits per heavy atom. The summed E-state index contributed by atoms with van der Waals surface area (Å²) in [7, 11) is 0. The third kappa shape index (κ3) is 3.20. The molecule has 31 heavy (non-hydrogen) atoms. The van der Waals surface area contributed by atoms with E-state index in [1.165, 1.54) is 42.7 Å². The minimum atomic E-state index is -0.814. The maximum atomic E-state index is 12.5. The minimum Gasteiger partial charge on any atom is -0.461 e. The van der Waals surface area contributed by atoms with Gasteiger partial charge in [0.2, 0.25) is 0 Å². The quantitative estimate of drug-likeness (QED) is 0.286. The molecule has 0 saturated carbocycles. The molecule has 0 fully saturated rings. The molecule has 8 heteroatoms. The molecule has 8 nitrogen and oxygen atoms in total. The fraction of sp³-hybridized carbons (Fsp3) is 0.0435. The summed E-state index contributed by atoms with van der Waals surface area (Å²) in [6.45, 7) is -0.545. The van der Waals surface area contributed by atoms with E-state index < -0.39 is 24.3 Å². The third-order valence-electron chi connectivity index (χ3n) is 4.86. The molecule has 1 aliphatic rings. The summed E-state index contributed by atoms with van der Waals surface area (Å²) in [5, 5.41) is 0.210. The average Bonchev–Trinajstić information content (AvgIpc) is 3.38. The van der Waals surface area contributed by atoms with Crippen LogP contribution < -0.4 is 10.2 Å². The number of ether oxygens (including phenoxy) is 1. The van der Waals surface area contributed by atoms with Gasteiger partial charge in [0.1, 0.15) is 17.9 Å². The molecule has 2 amide bonds. The minimum absolute atomic E-state index is 0.0900. The van der Waals surface area contributed by atoms with Gasteiger partial charge in [-0.2, -0.15) is 0 Å². The smallest absolute Gasteiger partial charge is 0.331 e. The molecule has 152 valence electrons. The van der Waals surface area contributed by atoms with Gasteiger partial charge in [0.05, 0.1) is 22.8 Å². The second kappa shape index (κ2) is 7.10. The molecule has 1 aliphatic heterocycles. The topological polar surface area (TPSA) is 107 Å². The third-order valence-corrected chi connectivity index (χ3v) is 4.86. The number of esters is 1. The lowest BCUT2D eigenvalue weighted by Gasteiger charge is -2.13. The first-order valence-corrected chi connectivity index (χ1v) is 9.29. The summed E-state index contributed by atoms with van der Waals surface area (Å²) in [6, 6.07) is 15.3. The van der Waals surface area contributed by atoms with Gasteiger partial charge in [-0.25, -0.2) is 4.79 Å². The van der Waals surface area contributed by atoms with Crippen LogP contribution >= 0.6 is 0 Å². The highest BCUT2D eigenvalue weighted by atomic mass is 16.5. The molecule has 0 bridgehead atoms. The molecule has 0 N–H and O–H groups in total. The summed E-state index contributed by atoms with van der Waals surface area (Å²) in [6.07, 6.45) is 1.47. The maximum absolute atomic E-state index is 12.5. The average molecular weight is 415 g/mol. The van der Waals surface area contributed by atoms with Crippen LogP contribution in [0.25, 0.3) is 22.5 Å². The number of furan rings is 1. The fourth-order valence-corrected chi connectivity index (χ4v) is 3.41. The Morgan fingerprint density at radius 3 is 2.29 bits per heavy atom. The van der Waals surface area contributed by atoms with Crippen molar-refractivity contribution in [1.29, 1.82) is 0 Å². The standard InChI is InChI=1S/C23H13NO7/c25-17-11-20(19-6-3-9-29-19)31-18-8-7-13(10-16(17)18)30-21(26)12-24-22(27)14-4-1-2-5-15(14)23(24)28/h1-11H,12H2. The van der Waals surface area contributed by atoms with Crippen LogP contribution in [0.1, 0.15) is 20.7 Å². The van der Waals surface area contributed by atoms with Crippen LogP contribution in [0.3, 0.4) is 0 Å². The molecular formula is C23H13NO7. The van der Waals surface area contributed by atoms with Crippen molar-refractivity contribution < 1.29 is 28.0 Å². The first kappa shape index (κ1) is 18.6. The number of benzene rings is 2. The number of hydrogen-bond donors (Lipinski definition) is 0. The predicted octanol–water partition coefficient (Wildman–Crippen LogP) is 3.25. The van der Waals surface area contributed by atoms with E-state index >= 15 is 0 Å². The lowest BCUT2D eigenvalue weighted by Crippen LogP contribution is -2.36. The zero-order valence-electron chi connectivity index (χ0n) is 15.9. The van der Waals surface area contributed by atoms with Crippen LogP contribution in [-0.2, 0) is 4.79 Å². The molecule has 3 heterocycles. The fourth-order valence-electron chi connectivity index (χ4n) is 3.41. The zero-order chi connectivity index (χ0) is 21.5. The lowest BCUT2D eigenvalue weighted by molar-refractivity contribution is -0.134. The summed E-state index contributed by atoms with van der Waals surface area (Å²) < 4.78 is 16.2. The summed E-state index contributed by atoms with van der Waals surface area (Å²) in [5.41, 5.74) is 0.442. The predicted molar refractivity (Wildman–Crippen MR) is 108 cm³/mol.